The van der Waals surface area contributed by atoms with Crippen LogP contribution >= 0.6 is 0 Å². The van der Waals surface area contributed by atoms with Gasteiger partial charge in [-0.3, -0.25) is 0 Å². The smallest absolute Gasteiger partial charge is 0.126 e. The Morgan fingerprint density at radius 2 is 2.05 bits per heavy atom. The van der Waals surface area contributed by atoms with Gasteiger partial charge in [-0.05, 0) is 38.8 Å². The molecule has 0 aliphatic rings. The maximum absolute atomic E-state index is 10.0. The molecular formula is C16H27NO2. The summed E-state index contributed by atoms with van der Waals surface area (Å²) in [6, 6.07) is 6.16. The van der Waals surface area contributed by atoms with E-state index >= 15 is 0 Å². The van der Waals surface area contributed by atoms with Crippen molar-refractivity contribution in [1.82, 2.24) is 5.32 Å². The number of rotatable bonds is 8. The lowest BCUT2D eigenvalue weighted by atomic mass is 10.1. The predicted octanol–water partition coefficient (Wildman–Crippen LogP) is 3.03. The van der Waals surface area contributed by atoms with Crippen molar-refractivity contribution in [3.05, 3.63) is 29.3 Å². The lowest BCUT2D eigenvalue weighted by molar-refractivity contribution is 0.00796. The maximum Gasteiger partial charge on any atom is 0.126 e. The van der Waals surface area contributed by atoms with Crippen LogP contribution in [0, 0.1) is 6.92 Å². The van der Waals surface area contributed by atoms with Gasteiger partial charge in [-0.15, -0.1) is 0 Å². The summed E-state index contributed by atoms with van der Waals surface area (Å²) < 4.78 is 5.86. The van der Waals surface area contributed by atoms with E-state index in [1.807, 2.05) is 26.0 Å². The molecule has 1 aromatic rings. The highest BCUT2D eigenvalue weighted by Crippen LogP contribution is 2.25. The van der Waals surface area contributed by atoms with E-state index < -0.39 is 5.60 Å². The molecule has 1 rings (SSSR count). The highest BCUT2D eigenvalue weighted by molar-refractivity contribution is 5.40. The molecule has 0 saturated carbocycles. The maximum atomic E-state index is 10.0. The van der Waals surface area contributed by atoms with Gasteiger partial charge in [0.25, 0.3) is 0 Å². The minimum atomic E-state index is -0.767. The fourth-order valence-electron chi connectivity index (χ4n) is 1.79. The molecule has 3 nitrogen and oxygen atoms in total. The Balaban J connectivity index is 2.74. The summed E-state index contributed by atoms with van der Waals surface area (Å²) in [6.45, 7) is 10.1. The Hall–Kier alpha value is -1.06. The van der Waals surface area contributed by atoms with Crippen molar-refractivity contribution in [2.75, 3.05) is 13.2 Å². The molecule has 108 valence electrons. The summed E-state index contributed by atoms with van der Waals surface area (Å²) in [5.41, 5.74) is 1.50. The first kappa shape index (κ1) is 16.0. The average Bonchev–Trinajstić information content (AvgIpc) is 2.38. The van der Waals surface area contributed by atoms with E-state index in [1.54, 1.807) is 6.92 Å². The summed E-state index contributed by atoms with van der Waals surface area (Å²) >= 11 is 0. The lowest BCUT2D eigenvalue weighted by Crippen LogP contribution is -2.31. The number of hydrogen-bond donors (Lipinski definition) is 2. The van der Waals surface area contributed by atoms with Gasteiger partial charge in [-0.2, -0.15) is 0 Å². The van der Waals surface area contributed by atoms with Gasteiger partial charge >= 0.3 is 0 Å². The molecule has 1 aromatic carbocycles. The number of aryl methyl sites for hydroxylation is 1. The van der Waals surface area contributed by atoms with Crippen molar-refractivity contribution >= 4 is 0 Å². The largest absolute Gasteiger partial charge is 0.490 e. The molecule has 0 aromatic heterocycles. The second-order valence-corrected chi connectivity index (χ2v) is 5.38. The lowest BCUT2D eigenvalue weighted by Gasteiger charge is -2.23. The van der Waals surface area contributed by atoms with Crippen molar-refractivity contribution in [3.8, 4) is 5.75 Å². The molecule has 1 atom stereocenters. The molecule has 0 spiro atoms. The Kier molecular flexibility index (Phi) is 6.32. The van der Waals surface area contributed by atoms with Crippen molar-refractivity contribution in [2.24, 2.45) is 0 Å². The quantitative estimate of drug-likeness (QED) is 0.710. The molecule has 3 heteroatoms. The third kappa shape index (κ3) is 5.21. The second kappa shape index (κ2) is 7.51. The van der Waals surface area contributed by atoms with E-state index in [9.17, 15) is 5.11 Å². The van der Waals surface area contributed by atoms with Crippen LogP contribution in [0.1, 0.15) is 44.7 Å². The van der Waals surface area contributed by atoms with Gasteiger partial charge < -0.3 is 15.2 Å². The van der Waals surface area contributed by atoms with Crippen LogP contribution in [-0.2, 0) is 6.54 Å². The molecule has 0 aliphatic carbocycles. The van der Waals surface area contributed by atoms with Gasteiger partial charge in [0.2, 0.25) is 0 Å². The van der Waals surface area contributed by atoms with Crippen LogP contribution in [-0.4, -0.2) is 23.9 Å². The number of aliphatic hydroxyl groups is 1. The van der Waals surface area contributed by atoms with Gasteiger partial charge in [0, 0.05) is 12.1 Å². The standard InChI is InChI=1S/C16H27NO2/c1-5-10-17-11-14-9-7-8-13(3)15(14)19-12-16(4,18)6-2/h7-9,17-18H,5-6,10-12H2,1-4H3. The number of hydrogen-bond acceptors (Lipinski definition) is 3. The van der Waals surface area contributed by atoms with E-state index in [-0.39, 0.29) is 0 Å². The number of benzene rings is 1. The van der Waals surface area contributed by atoms with Crippen LogP contribution in [0.4, 0.5) is 0 Å². The summed E-state index contributed by atoms with van der Waals surface area (Å²) in [7, 11) is 0. The summed E-state index contributed by atoms with van der Waals surface area (Å²) in [6.07, 6.45) is 1.80. The van der Waals surface area contributed by atoms with Crippen molar-refractivity contribution < 1.29 is 9.84 Å². The fourth-order valence-corrected chi connectivity index (χ4v) is 1.79. The van der Waals surface area contributed by atoms with Crippen LogP contribution < -0.4 is 10.1 Å². The highest BCUT2D eigenvalue weighted by atomic mass is 16.5. The first-order chi connectivity index (χ1) is 9.00. The van der Waals surface area contributed by atoms with E-state index in [2.05, 4.69) is 18.3 Å². The van der Waals surface area contributed by atoms with Gasteiger partial charge in [0.1, 0.15) is 12.4 Å². The fraction of sp³-hybridized carbons (Fsp3) is 0.625. The molecule has 2 N–H and O–H groups in total. The molecule has 0 radical (unpaired) electrons. The third-order valence-electron chi connectivity index (χ3n) is 3.32. The molecule has 0 heterocycles. The third-order valence-corrected chi connectivity index (χ3v) is 3.32. The highest BCUT2D eigenvalue weighted by Gasteiger charge is 2.19. The topological polar surface area (TPSA) is 41.5 Å². The monoisotopic (exact) mass is 265 g/mol. The number of ether oxygens (including phenoxy) is 1. The minimum absolute atomic E-state index is 0.329. The van der Waals surface area contributed by atoms with Crippen molar-refractivity contribution in [2.45, 2.75) is 52.7 Å². The van der Waals surface area contributed by atoms with Gasteiger partial charge in [0.05, 0.1) is 5.60 Å². The van der Waals surface area contributed by atoms with Gasteiger partial charge in [0.15, 0.2) is 0 Å². The van der Waals surface area contributed by atoms with Crippen LogP contribution in [0.3, 0.4) is 0 Å². The summed E-state index contributed by atoms with van der Waals surface area (Å²) in [4.78, 5) is 0. The first-order valence-corrected chi connectivity index (χ1v) is 7.14. The molecule has 0 bridgehead atoms. The van der Waals surface area contributed by atoms with Crippen LogP contribution in [0.25, 0.3) is 0 Å². The SMILES string of the molecule is CCCNCc1cccc(C)c1OCC(C)(O)CC. The van der Waals surface area contributed by atoms with Gasteiger partial charge in [-0.25, -0.2) is 0 Å². The zero-order chi connectivity index (χ0) is 14.3. The Morgan fingerprint density at radius 3 is 2.68 bits per heavy atom. The normalized spacial score (nSPS) is 14.2. The Labute approximate surface area is 117 Å². The molecule has 0 saturated heterocycles. The van der Waals surface area contributed by atoms with Crippen molar-refractivity contribution in [1.29, 1.82) is 0 Å². The first-order valence-electron chi connectivity index (χ1n) is 7.14. The van der Waals surface area contributed by atoms with Crippen LogP contribution in [0.15, 0.2) is 18.2 Å². The zero-order valence-electron chi connectivity index (χ0n) is 12.6. The molecule has 19 heavy (non-hydrogen) atoms. The molecule has 0 fully saturated rings. The summed E-state index contributed by atoms with van der Waals surface area (Å²) in [5, 5.41) is 13.4. The van der Waals surface area contributed by atoms with E-state index in [4.69, 9.17) is 4.74 Å². The average molecular weight is 265 g/mol. The van der Waals surface area contributed by atoms with E-state index in [0.29, 0.717) is 13.0 Å². The van der Waals surface area contributed by atoms with E-state index in [1.165, 1.54) is 0 Å². The molecule has 0 amide bonds. The summed E-state index contributed by atoms with van der Waals surface area (Å²) in [5.74, 6) is 0.903. The molecule has 0 aliphatic heterocycles. The Morgan fingerprint density at radius 1 is 1.32 bits per heavy atom. The molecule has 1 unspecified atom stereocenters. The van der Waals surface area contributed by atoms with Crippen LogP contribution in [0.2, 0.25) is 0 Å². The Bertz CT molecular complexity index is 388. The molecular weight excluding hydrogens is 238 g/mol. The second-order valence-electron chi connectivity index (χ2n) is 5.38. The number of nitrogens with one attached hydrogen (secondary N) is 1. The zero-order valence-corrected chi connectivity index (χ0v) is 12.6. The van der Waals surface area contributed by atoms with Gasteiger partial charge in [-0.1, -0.05) is 32.0 Å². The van der Waals surface area contributed by atoms with E-state index in [0.717, 1.165) is 36.4 Å². The van der Waals surface area contributed by atoms with Crippen molar-refractivity contribution in [3.63, 3.8) is 0 Å². The minimum Gasteiger partial charge on any atom is -0.490 e. The predicted molar refractivity (Wildman–Crippen MR) is 79.6 cm³/mol. The van der Waals surface area contributed by atoms with Crippen LogP contribution in [0.5, 0.6) is 5.75 Å². The number of para-hydroxylation sites is 1.